The van der Waals surface area contributed by atoms with Gasteiger partial charge in [0.25, 0.3) is 5.95 Å². The van der Waals surface area contributed by atoms with Crippen LogP contribution in [0, 0.1) is 17.5 Å². The third kappa shape index (κ3) is 3.61. The van der Waals surface area contributed by atoms with E-state index in [4.69, 9.17) is 0 Å². The number of hydrogen-bond acceptors (Lipinski definition) is 5. The third-order valence-electron chi connectivity index (χ3n) is 3.31. The summed E-state index contributed by atoms with van der Waals surface area (Å²) in [6.45, 7) is 1.60. The van der Waals surface area contributed by atoms with Crippen molar-refractivity contribution in [1.82, 2.24) is 30.0 Å². The first-order chi connectivity index (χ1) is 12.5. The maximum absolute atomic E-state index is 13.6. The molecule has 2 amide bonds. The van der Waals surface area contributed by atoms with Crippen LogP contribution in [-0.4, -0.2) is 30.8 Å². The Morgan fingerprint density at radius 3 is 2.50 bits per heavy atom. The zero-order chi connectivity index (χ0) is 18.7. The van der Waals surface area contributed by atoms with Gasteiger partial charge in [0.05, 0.1) is 11.7 Å². The molecule has 3 rings (SSSR count). The molecule has 26 heavy (non-hydrogen) atoms. The number of amides is 2. The summed E-state index contributed by atoms with van der Waals surface area (Å²) in [7, 11) is 0. The van der Waals surface area contributed by atoms with Gasteiger partial charge in [0.15, 0.2) is 17.5 Å². The van der Waals surface area contributed by atoms with Gasteiger partial charge >= 0.3 is 6.03 Å². The molecule has 1 atom stereocenters. The molecule has 0 spiro atoms. The van der Waals surface area contributed by atoms with Gasteiger partial charge < -0.3 is 10.6 Å². The third-order valence-corrected chi connectivity index (χ3v) is 3.31. The number of hydrogen-bond donors (Lipinski definition) is 2. The quantitative estimate of drug-likeness (QED) is 0.694. The summed E-state index contributed by atoms with van der Waals surface area (Å²) in [5, 5.41) is 8.59. The summed E-state index contributed by atoms with van der Waals surface area (Å²) >= 11 is 0. The van der Waals surface area contributed by atoms with Crippen molar-refractivity contribution in [2.45, 2.75) is 13.0 Å². The van der Waals surface area contributed by atoms with Gasteiger partial charge in [-0.05, 0) is 13.0 Å². The van der Waals surface area contributed by atoms with E-state index in [2.05, 4.69) is 30.7 Å². The van der Waals surface area contributed by atoms with Gasteiger partial charge in [-0.3, -0.25) is 0 Å². The maximum atomic E-state index is 13.6. The molecule has 0 aliphatic carbocycles. The molecule has 3 aromatic rings. The Morgan fingerprint density at radius 2 is 1.77 bits per heavy atom. The Hall–Kier alpha value is -3.50. The SMILES string of the molecule is C[C@H](NC(=O)Nc1cc(F)c(F)cc1F)c1ncnn1-c1ncccn1. The first-order valence-corrected chi connectivity index (χ1v) is 7.35. The van der Waals surface area contributed by atoms with Crippen molar-refractivity contribution in [3.8, 4) is 5.95 Å². The van der Waals surface area contributed by atoms with Crippen LogP contribution in [0.5, 0.6) is 0 Å². The van der Waals surface area contributed by atoms with E-state index in [0.717, 1.165) is 0 Å². The van der Waals surface area contributed by atoms with Gasteiger partial charge in [-0.1, -0.05) is 0 Å². The lowest BCUT2D eigenvalue weighted by Gasteiger charge is -2.15. The molecule has 0 radical (unpaired) electrons. The molecule has 11 heteroatoms. The number of urea groups is 1. The number of rotatable bonds is 4. The fourth-order valence-electron chi connectivity index (χ4n) is 2.14. The van der Waals surface area contributed by atoms with E-state index in [9.17, 15) is 18.0 Å². The first-order valence-electron chi connectivity index (χ1n) is 7.35. The fourth-order valence-corrected chi connectivity index (χ4v) is 2.14. The van der Waals surface area contributed by atoms with Gasteiger partial charge in [-0.15, -0.1) is 0 Å². The lowest BCUT2D eigenvalue weighted by molar-refractivity contribution is 0.248. The Bertz CT molecular complexity index is 932. The minimum atomic E-state index is -1.35. The van der Waals surface area contributed by atoms with Crippen LogP contribution >= 0.6 is 0 Å². The zero-order valence-corrected chi connectivity index (χ0v) is 13.3. The topological polar surface area (TPSA) is 97.6 Å². The van der Waals surface area contributed by atoms with Crippen molar-refractivity contribution < 1.29 is 18.0 Å². The Balaban J connectivity index is 1.73. The standard InChI is InChI=1S/C15H12F3N7O/c1-8(13-21-7-22-25(13)14-19-3-2-4-20-14)23-15(26)24-12-6-10(17)9(16)5-11(12)18/h2-8H,1H3,(H2,23,24,26)/t8-/m0/s1. The largest absolute Gasteiger partial charge is 0.328 e. The van der Waals surface area contributed by atoms with Crippen molar-refractivity contribution in [3.05, 3.63) is 60.2 Å². The molecule has 0 aliphatic heterocycles. The number of anilines is 1. The molecule has 0 aliphatic rings. The maximum Gasteiger partial charge on any atom is 0.319 e. The molecular weight excluding hydrogens is 351 g/mol. The zero-order valence-electron chi connectivity index (χ0n) is 13.3. The van der Waals surface area contributed by atoms with Gasteiger partial charge in [0, 0.05) is 24.5 Å². The summed E-state index contributed by atoms with van der Waals surface area (Å²) in [5.41, 5.74) is -0.499. The molecule has 2 N–H and O–H groups in total. The van der Waals surface area contributed by atoms with Crippen LogP contribution in [0.1, 0.15) is 18.8 Å². The molecule has 0 bridgehead atoms. The number of nitrogens with one attached hydrogen (secondary N) is 2. The number of halogens is 3. The van der Waals surface area contributed by atoms with Crippen LogP contribution in [0.15, 0.2) is 36.9 Å². The van der Waals surface area contributed by atoms with E-state index in [-0.39, 0.29) is 5.95 Å². The number of benzene rings is 1. The van der Waals surface area contributed by atoms with Crippen molar-refractivity contribution in [1.29, 1.82) is 0 Å². The van der Waals surface area contributed by atoms with Crippen LogP contribution in [0.2, 0.25) is 0 Å². The highest BCUT2D eigenvalue weighted by molar-refractivity contribution is 5.89. The molecule has 2 aromatic heterocycles. The van der Waals surface area contributed by atoms with E-state index in [1.54, 1.807) is 13.0 Å². The molecule has 0 fully saturated rings. The van der Waals surface area contributed by atoms with Crippen LogP contribution in [0.4, 0.5) is 23.7 Å². The van der Waals surface area contributed by atoms with Gasteiger partial charge in [0.1, 0.15) is 12.1 Å². The van der Waals surface area contributed by atoms with E-state index in [1.165, 1.54) is 23.4 Å². The molecule has 0 unspecified atom stereocenters. The Labute approximate surface area is 145 Å². The van der Waals surface area contributed by atoms with E-state index >= 15 is 0 Å². The number of aromatic nitrogens is 5. The van der Waals surface area contributed by atoms with Gasteiger partial charge in [-0.25, -0.2) is 32.9 Å². The van der Waals surface area contributed by atoms with Crippen molar-refractivity contribution in [2.75, 3.05) is 5.32 Å². The highest BCUT2D eigenvalue weighted by Crippen LogP contribution is 2.19. The summed E-state index contributed by atoms with van der Waals surface area (Å²) in [4.78, 5) is 24.1. The van der Waals surface area contributed by atoms with Gasteiger partial charge in [-0.2, -0.15) is 9.78 Å². The first kappa shape index (κ1) is 17.3. The predicted molar refractivity (Wildman–Crippen MR) is 83.8 cm³/mol. The van der Waals surface area contributed by atoms with Crippen LogP contribution in [0.3, 0.4) is 0 Å². The second-order valence-electron chi connectivity index (χ2n) is 5.15. The molecule has 0 saturated carbocycles. The van der Waals surface area contributed by atoms with E-state index in [0.29, 0.717) is 18.0 Å². The molecule has 1 aromatic carbocycles. The Kier molecular flexibility index (Phi) is 4.78. The van der Waals surface area contributed by atoms with Crippen LogP contribution in [-0.2, 0) is 0 Å². The second kappa shape index (κ2) is 7.17. The molecule has 8 nitrogen and oxygen atoms in total. The summed E-state index contributed by atoms with van der Waals surface area (Å²) in [6.07, 6.45) is 4.30. The second-order valence-corrected chi connectivity index (χ2v) is 5.15. The number of nitrogens with zero attached hydrogens (tertiary/aromatic N) is 5. The minimum Gasteiger partial charge on any atom is -0.328 e. The van der Waals surface area contributed by atoms with Crippen LogP contribution in [0.25, 0.3) is 5.95 Å². The van der Waals surface area contributed by atoms with Crippen LogP contribution < -0.4 is 10.6 Å². The smallest absolute Gasteiger partial charge is 0.319 e. The molecule has 2 heterocycles. The lowest BCUT2D eigenvalue weighted by atomic mass is 10.3. The molecule has 0 saturated heterocycles. The summed E-state index contributed by atoms with van der Waals surface area (Å²) < 4.78 is 41.0. The predicted octanol–water partition coefficient (Wildman–Crippen LogP) is 2.36. The average Bonchev–Trinajstić information content (AvgIpc) is 3.10. The minimum absolute atomic E-state index is 0.251. The molecular formula is C15H12F3N7O. The lowest BCUT2D eigenvalue weighted by Crippen LogP contribution is -2.33. The summed E-state index contributed by atoms with van der Waals surface area (Å²) in [5.74, 6) is -3.17. The normalized spacial score (nSPS) is 11.8. The number of carbonyl (C=O) groups is 1. The van der Waals surface area contributed by atoms with Crippen molar-refractivity contribution in [3.63, 3.8) is 0 Å². The van der Waals surface area contributed by atoms with Crippen molar-refractivity contribution >= 4 is 11.7 Å². The number of carbonyl (C=O) groups excluding carboxylic acids is 1. The highest BCUT2D eigenvalue weighted by atomic mass is 19.2. The van der Waals surface area contributed by atoms with E-state index in [1.807, 2.05) is 0 Å². The van der Waals surface area contributed by atoms with Crippen molar-refractivity contribution in [2.24, 2.45) is 0 Å². The summed E-state index contributed by atoms with van der Waals surface area (Å²) in [6, 6.07) is 1.01. The molecule has 134 valence electrons. The highest BCUT2D eigenvalue weighted by Gasteiger charge is 2.19. The van der Waals surface area contributed by atoms with E-state index < -0.39 is 35.2 Å². The Morgan fingerprint density at radius 1 is 1.08 bits per heavy atom. The van der Waals surface area contributed by atoms with Gasteiger partial charge in [0.2, 0.25) is 0 Å². The average molecular weight is 363 g/mol. The fraction of sp³-hybridized carbons (Fsp3) is 0.133. The monoisotopic (exact) mass is 363 g/mol.